The molecule has 286 valence electrons. The van der Waals surface area contributed by atoms with E-state index in [2.05, 4.69) is 12.2 Å². The van der Waals surface area contributed by atoms with Gasteiger partial charge in [0.25, 0.3) is 5.97 Å². The quantitative estimate of drug-likeness (QED) is 0.263. The van der Waals surface area contributed by atoms with Crippen LogP contribution in [0.15, 0.2) is 0 Å². The summed E-state index contributed by atoms with van der Waals surface area (Å²) in [6.45, 7) is 19.1. The fraction of sp³-hybridized carbons (Fsp3) is 1.00. The maximum Gasteiger partial charge on any atom is 0.286 e. The Morgan fingerprint density at radius 1 is 0.878 bits per heavy atom. The van der Waals surface area contributed by atoms with Gasteiger partial charge in [0.1, 0.15) is 17.8 Å². The lowest BCUT2D eigenvalue weighted by Gasteiger charge is -2.55. The third kappa shape index (κ3) is 7.12. The summed E-state index contributed by atoms with van der Waals surface area (Å²) in [6, 6.07) is -0.244. The van der Waals surface area contributed by atoms with Gasteiger partial charge < -0.3 is 63.6 Å². The van der Waals surface area contributed by atoms with Crippen LogP contribution in [0, 0.1) is 23.7 Å². The van der Waals surface area contributed by atoms with Crippen molar-refractivity contribution in [1.29, 1.82) is 0 Å². The van der Waals surface area contributed by atoms with Crippen molar-refractivity contribution in [1.82, 2.24) is 5.32 Å². The highest BCUT2D eigenvalue weighted by molar-refractivity contribution is 5.07. The Hall–Kier alpha value is -0.520. The second-order valence-electron chi connectivity index (χ2n) is 16.5. The predicted molar refractivity (Wildman–Crippen MR) is 178 cm³/mol. The highest BCUT2D eigenvalue weighted by atomic mass is 16.8. The number of methoxy groups -OCH3 is 1. The van der Waals surface area contributed by atoms with Crippen molar-refractivity contribution in [3.8, 4) is 0 Å². The van der Waals surface area contributed by atoms with Gasteiger partial charge in [-0.2, -0.15) is 0 Å². The fourth-order valence-electron chi connectivity index (χ4n) is 9.67. The van der Waals surface area contributed by atoms with Gasteiger partial charge in [-0.25, -0.2) is 0 Å². The first-order chi connectivity index (χ1) is 22.7. The Labute approximate surface area is 292 Å². The van der Waals surface area contributed by atoms with E-state index >= 15 is 0 Å². The molecule has 5 rings (SSSR count). The first-order valence-electron chi connectivity index (χ1n) is 18.4. The van der Waals surface area contributed by atoms with Crippen molar-refractivity contribution in [2.75, 3.05) is 14.2 Å². The number of aliphatic hydroxyl groups is 4. The maximum atomic E-state index is 12.5. The van der Waals surface area contributed by atoms with Gasteiger partial charge in [-0.3, -0.25) is 0 Å². The van der Waals surface area contributed by atoms with E-state index in [4.69, 9.17) is 37.9 Å². The molecule has 0 saturated carbocycles. The Morgan fingerprint density at radius 3 is 2.16 bits per heavy atom. The van der Waals surface area contributed by atoms with Gasteiger partial charge in [-0.1, -0.05) is 34.6 Å². The Kier molecular flexibility index (Phi) is 11.6. The number of ether oxygens (including phenoxy) is 8. The van der Waals surface area contributed by atoms with E-state index < -0.39 is 89.9 Å². The molecular weight excluding hydrogens is 638 g/mol. The lowest BCUT2D eigenvalue weighted by Crippen LogP contribution is -2.69. The molecule has 0 amide bonds. The first kappa shape index (κ1) is 39.7. The van der Waals surface area contributed by atoms with Crippen molar-refractivity contribution in [2.45, 2.75) is 191 Å². The van der Waals surface area contributed by atoms with Crippen LogP contribution in [0.1, 0.15) is 94.9 Å². The van der Waals surface area contributed by atoms with Crippen LogP contribution >= 0.6 is 0 Å². The molecule has 0 aliphatic carbocycles. The molecule has 13 nitrogen and oxygen atoms in total. The Bertz CT molecular complexity index is 1130. The summed E-state index contributed by atoms with van der Waals surface area (Å²) in [5.74, 6) is -3.88. The van der Waals surface area contributed by atoms with E-state index in [1.165, 1.54) is 0 Å². The van der Waals surface area contributed by atoms with Gasteiger partial charge in [0.15, 0.2) is 12.6 Å². The van der Waals surface area contributed by atoms with Crippen molar-refractivity contribution in [3.63, 3.8) is 0 Å². The first-order valence-corrected chi connectivity index (χ1v) is 18.4. The number of likely N-dealkylation sites (N-methyl/N-ethyl adjacent to an activating group) is 1. The van der Waals surface area contributed by atoms with Gasteiger partial charge in [-0.15, -0.1) is 0 Å². The normalized spacial score (nSPS) is 57.1. The van der Waals surface area contributed by atoms with Crippen LogP contribution in [0.4, 0.5) is 0 Å². The highest BCUT2D eigenvalue weighted by Gasteiger charge is 2.64. The SMILES string of the molecule is CC[C@H]1O[C@]2(O)O[C@H]([C@@H](C)C3O[C@@](C)(C[C@@H]3C)[C@H](O[C@@H]3OC(C)CC(NC)C3O)[C@@H](C)[C@H](O[C@H]3CC(C)(OC)[C@@H](O)C(C)O3)[C@H]2C)[C@]1(C)O. The van der Waals surface area contributed by atoms with Crippen molar-refractivity contribution >= 4 is 0 Å². The largest absolute Gasteiger partial charge is 0.387 e. The molecule has 5 fully saturated rings. The smallest absolute Gasteiger partial charge is 0.286 e. The van der Waals surface area contributed by atoms with Crippen molar-refractivity contribution in [2.24, 2.45) is 23.7 Å². The van der Waals surface area contributed by atoms with Gasteiger partial charge >= 0.3 is 0 Å². The van der Waals surface area contributed by atoms with Gasteiger partial charge in [0, 0.05) is 31.4 Å². The highest BCUT2D eigenvalue weighted by Crippen LogP contribution is 2.52. The van der Waals surface area contributed by atoms with E-state index in [9.17, 15) is 20.4 Å². The Morgan fingerprint density at radius 2 is 1.55 bits per heavy atom. The number of nitrogens with one attached hydrogen (secondary N) is 1. The molecular formula is C36H65NO12. The summed E-state index contributed by atoms with van der Waals surface area (Å²) in [4.78, 5) is 0. The maximum absolute atomic E-state index is 12.5. The molecule has 49 heavy (non-hydrogen) atoms. The zero-order valence-electron chi connectivity index (χ0n) is 31.6. The lowest BCUT2D eigenvalue weighted by molar-refractivity contribution is -0.481. The van der Waals surface area contributed by atoms with Gasteiger partial charge in [0.2, 0.25) is 0 Å². The third-order valence-electron chi connectivity index (χ3n) is 12.6. The number of hydrogen-bond donors (Lipinski definition) is 5. The molecule has 20 atom stereocenters. The van der Waals surface area contributed by atoms with Crippen LogP contribution < -0.4 is 5.32 Å². The molecule has 5 heterocycles. The summed E-state index contributed by atoms with van der Waals surface area (Å²) >= 11 is 0. The predicted octanol–water partition coefficient (Wildman–Crippen LogP) is 2.44. The molecule has 5 saturated heterocycles. The van der Waals surface area contributed by atoms with E-state index in [-0.39, 0.29) is 36.5 Å². The molecule has 0 aromatic carbocycles. The molecule has 5 N–H and O–H groups in total. The lowest BCUT2D eigenvalue weighted by atomic mass is 9.74. The number of aliphatic hydroxyl groups excluding tert-OH is 2. The van der Waals surface area contributed by atoms with Crippen LogP contribution in [-0.2, 0) is 37.9 Å². The van der Waals surface area contributed by atoms with Crippen LogP contribution in [0.3, 0.4) is 0 Å². The molecule has 0 aromatic heterocycles. The summed E-state index contributed by atoms with van der Waals surface area (Å²) < 4.78 is 52.0. The van der Waals surface area contributed by atoms with Crippen molar-refractivity contribution in [3.05, 3.63) is 0 Å². The van der Waals surface area contributed by atoms with Gasteiger partial charge in [-0.05, 0) is 66.8 Å². The van der Waals surface area contributed by atoms with E-state index in [0.29, 0.717) is 19.3 Å². The molecule has 0 radical (unpaired) electrons. The number of fused-ring (bicyclic) bond motifs is 4. The fourth-order valence-corrected chi connectivity index (χ4v) is 9.67. The van der Waals surface area contributed by atoms with Gasteiger partial charge in [0.05, 0.1) is 59.8 Å². The average Bonchev–Trinajstić information content (AvgIpc) is 3.36. The second kappa shape index (κ2) is 14.4. The molecule has 0 spiro atoms. The standard InChI is InChI=1S/C36H65NO12/c1-13-24-35(10,40)31-19(4)27-17(2)15-34(9,48-27)30(46-32-26(38)23(37-11)14-18(3)43-32)20(5)28(21(6)36(41,47-24)49-31)45-25-16-33(8,42-12)29(39)22(7)44-25/h17-32,37-41H,13-16H2,1-12H3/t17-,18?,19-,20-,21+,22?,23?,24+,25-,26?,27?,28-,29-,30+,31+,32-,33?,34-,35+,36-/m0/s1. The minimum absolute atomic E-state index is 0.0255. The summed E-state index contributed by atoms with van der Waals surface area (Å²) in [7, 11) is 3.36. The zero-order valence-corrected chi connectivity index (χ0v) is 31.6. The average molecular weight is 704 g/mol. The summed E-state index contributed by atoms with van der Waals surface area (Å²) in [5, 5.41) is 50.0. The van der Waals surface area contributed by atoms with E-state index in [1.807, 2.05) is 48.6 Å². The molecule has 4 bridgehead atoms. The van der Waals surface area contributed by atoms with Crippen LogP contribution in [-0.4, -0.2) is 131 Å². The monoisotopic (exact) mass is 703 g/mol. The number of hydrogen-bond acceptors (Lipinski definition) is 13. The minimum atomic E-state index is -2.17. The number of rotatable bonds is 7. The molecule has 13 heteroatoms. The molecule has 5 aliphatic heterocycles. The molecule has 5 aliphatic rings. The third-order valence-corrected chi connectivity index (χ3v) is 12.6. The van der Waals surface area contributed by atoms with E-state index in [0.717, 1.165) is 0 Å². The molecule has 6 unspecified atom stereocenters. The summed E-state index contributed by atoms with van der Waals surface area (Å²) in [6.07, 6.45) is -6.11. The minimum Gasteiger partial charge on any atom is -0.387 e. The Balaban J connectivity index is 1.62. The van der Waals surface area contributed by atoms with E-state index in [1.54, 1.807) is 27.9 Å². The van der Waals surface area contributed by atoms with Crippen LogP contribution in [0.5, 0.6) is 0 Å². The topological polar surface area (TPSA) is 167 Å². The molecule has 0 aromatic rings. The van der Waals surface area contributed by atoms with Crippen molar-refractivity contribution < 1.29 is 58.3 Å². The second-order valence-corrected chi connectivity index (χ2v) is 16.5. The van der Waals surface area contributed by atoms with Crippen LogP contribution in [0.2, 0.25) is 0 Å². The van der Waals surface area contributed by atoms with Crippen LogP contribution in [0.25, 0.3) is 0 Å². The zero-order chi connectivity index (χ0) is 36.4. The summed E-state index contributed by atoms with van der Waals surface area (Å²) in [5.41, 5.74) is -3.29.